The van der Waals surface area contributed by atoms with E-state index in [2.05, 4.69) is 20.9 Å². The van der Waals surface area contributed by atoms with Gasteiger partial charge in [0.25, 0.3) is 5.91 Å². The summed E-state index contributed by atoms with van der Waals surface area (Å²) in [4.78, 5) is 17.1. The number of pyridine rings is 1. The lowest BCUT2D eigenvalue weighted by molar-refractivity contribution is 0.102. The fraction of sp³-hybridized carbons (Fsp3) is 0.304. The Bertz CT molecular complexity index is 954. The number of hydrogen-bond donors (Lipinski definition) is 3. The standard InChI is InChI=1S/C23H25ClN4O2/c24-17-7-8-22(26-15-17)28-23(29)19-5-1-2-6-20(19)27-21(14-18-4-3-13-30-18)16-9-11-25-12-10-16/h1-8,13,15-16,21,25,27H,9-12,14H2,(H,26,28,29). The molecule has 2 aromatic heterocycles. The average Bonchev–Trinajstić information content (AvgIpc) is 3.29. The van der Waals surface area contributed by atoms with E-state index in [4.69, 9.17) is 16.0 Å². The van der Waals surface area contributed by atoms with Crippen molar-refractivity contribution >= 4 is 29.0 Å². The van der Waals surface area contributed by atoms with Crippen LogP contribution in [0.25, 0.3) is 0 Å². The van der Waals surface area contributed by atoms with Gasteiger partial charge in [0.05, 0.1) is 16.8 Å². The summed E-state index contributed by atoms with van der Waals surface area (Å²) in [7, 11) is 0. The number of nitrogens with one attached hydrogen (secondary N) is 3. The van der Waals surface area contributed by atoms with Gasteiger partial charge in [-0.25, -0.2) is 4.98 Å². The monoisotopic (exact) mass is 424 g/mol. The predicted octanol–water partition coefficient (Wildman–Crippen LogP) is 4.60. The summed E-state index contributed by atoms with van der Waals surface area (Å²) < 4.78 is 5.60. The number of para-hydroxylation sites is 1. The van der Waals surface area contributed by atoms with Crippen LogP contribution >= 0.6 is 11.6 Å². The zero-order valence-corrected chi connectivity index (χ0v) is 17.4. The van der Waals surface area contributed by atoms with Gasteiger partial charge in [-0.2, -0.15) is 0 Å². The van der Waals surface area contributed by atoms with E-state index in [9.17, 15) is 4.79 Å². The Hall–Kier alpha value is -2.83. The molecule has 156 valence electrons. The number of rotatable bonds is 7. The summed E-state index contributed by atoms with van der Waals surface area (Å²) in [6.45, 7) is 2.01. The molecule has 1 saturated heterocycles. The van der Waals surface area contributed by atoms with Gasteiger partial charge in [-0.15, -0.1) is 0 Å². The summed E-state index contributed by atoms with van der Waals surface area (Å²) in [5.74, 6) is 1.68. The van der Waals surface area contributed by atoms with Crippen LogP contribution in [0.15, 0.2) is 65.4 Å². The summed E-state index contributed by atoms with van der Waals surface area (Å²) >= 11 is 5.88. The van der Waals surface area contributed by atoms with Gasteiger partial charge < -0.3 is 20.4 Å². The molecule has 3 N–H and O–H groups in total. The van der Waals surface area contributed by atoms with E-state index < -0.39 is 0 Å². The number of aromatic nitrogens is 1. The molecule has 0 spiro atoms. The van der Waals surface area contributed by atoms with Gasteiger partial charge in [0.1, 0.15) is 11.6 Å². The highest BCUT2D eigenvalue weighted by Gasteiger charge is 2.26. The number of hydrogen-bond acceptors (Lipinski definition) is 5. The SMILES string of the molecule is O=C(Nc1ccc(Cl)cn1)c1ccccc1NC(Cc1ccco1)C1CCNCC1. The molecular formula is C23H25ClN4O2. The molecule has 1 unspecified atom stereocenters. The van der Waals surface area contributed by atoms with Crippen LogP contribution < -0.4 is 16.0 Å². The molecule has 3 aromatic rings. The van der Waals surface area contributed by atoms with Crippen LogP contribution in [0.4, 0.5) is 11.5 Å². The molecule has 0 saturated carbocycles. The second kappa shape index (κ2) is 9.78. The Kier molecular flexibility index (Phi) is 6.67. The topological polar surface area (TPSA) is 79.2 Å². The second-order valence-electron chi connectivity index (χ2n) is 7.48. The molecule has 1 amide bonds. The second-order valence-corrected chi connectivity index (χ2v) is 7.92. The van der Waals surface area contributed by atoms with Crippen LogP contribution in [0.5, 0.6) is 0 Å². The number of nitrogens with zero attached hydrogens (tertiary/aromatic N) is 1. The van der Waals surface area contributed by atoms with Crippen molar-refractivity contribution in [1.29, 1.82) is 0 Å². The zero-order valence-electron chi connectivity index (χ0n) is 16.6. The largest absolute Gasteiger partial charge is 0.469 e. The number of piperidine rings is 1. The van der Waals surface area contributed by atoms with Crippen LogP contribution in [-0.2, 0) is 6.42 Å². The summed E-state index contributed by atoms with van der Waals surface area (Å²) in [5, 5.41) is 10.4. The summed E-state index contributed by atoms with van der Waals surface area (Å²) in [6, 6.07) is 15.0. The maximum atomic E-state index is 12.9. The molecule has 1 aromatic carbocycles. The Balaban J connectivity index is 1.54. The Morgan fingerprint density at radius 1 is 1.17 bits per heavy atom. The molecule has 1 aliphatic heterocycles. The van der Waals surface area contributed by atoms with Gasteiger partial charge in [0.2, 0.25) is 0 Å². The van der Waals surface area contributed by atoms with Crippen molar-refractivity contribution in [2.24, 2.45) is 5.92 Å². The molecule has 0 bridgehead atoms. The van der Waals surface area contributed by atoms with E-state index in [1.807, 2.05) is 36.4 Å². The first kappa shape index (κ1) is 20.4. The third-order valence-corrected chi connectivity index (χ3v) is 5.66. The molecule has 30 heavy (non-hydrogen) atoms. The Morgan fingerprint density at radius 2 is 2.00 bits per heavy atom. The van der Waals surface area contributed by atoms with Crippen molar-refractivity contribution in [1.82, 2.24) is 10.3 Å². The van der Waals surface area contributed by atoms with Crippen molar-refractivity contribution < 1.29 is 9.21 Å². The van der Waals surface area contributed by atoms with Crippen LogP contribution in [0, 0.1) is 5.92 Å². The first-order valence-corrected chi connectivity index (χ1v) is 10.6. The minimum atomic E-state index is -0.213. The van der Waals surface area contributed by atoms with Crippen LogP contribution in [0.1, 0.15) is 29.0 Å². The lowest BCUT2D eigenvalue weighted by atomic mass is 9.87. The highest BCUT2D eigenvalue weighted by Crippen LogP contribution is 2.26. The number of carbonyl (C=O) groups excluding carboxylic acids is 1. The van der Waals surface area contributed by atoms with Crippen LogP contribution in [0.2, 0.25) is 5.02 Å². The number of amides is 1. The number of carbonyl (C=O) groups is 1. The zero-order chi connectivity index (χ0) is 20.8. The molecule has 0 aliphatic carbocycles. The smallest absolute Gasteiger partial charge is 0.258 e. The molecule has 7 heteroatoms. The summed E-state index contributed by atoms with van der Waals surface area (Å²) in [5.41, 5.74) is 1.38. The number of halogens is 1. The molecule has 1 fully saturated rings. The van der Waals surface area contributed by atoms with E-state index in [1.165, 1.54) is 6.20 Å². The van der Waals surface area contributed by atoms with Crippen molar-refractivity contribution in [2.45, 2.75) is 25.3 Å². The van der Waals surface area contributed by atoms with Crippen molar-refractivity contribution in [3.63, 3.8) is 0 Å². The number of benzene rings is 1. The average molecular weight is 425 g/mol. The van der Waals surface area contributed by atoms with Gasteiger partial charge in [0, 0.05) is 24.3 Å². The fourth-order valence-corrected chi connectivity index (χ4v) is 3.98. The Morgan fingerprint density at radius 3 is 2.73 bits per heavy atom. The van der Waals surface area contributed by atoms with E-state index in [0.717, 1.165) is 43.8 Å². The van der Waals surface area contributed by atoms with Crippen molar-refractivity contribution in [3.8, 4) is 0 Å². The maximum absolute atomic E-state index is 12.9. The van der Waals surface area contributed by atoms with Gasteiger partial charge in [-0.3, -0.25) is 4.79 Å². The third kappa shape index (κ3) is 5.20. The molecule has 3 heterocycles. The van der Waals surface area contributed by atoms with Crippen molar-refractivity contribution in [3.05, 3.63) is 77.3 Å². The molecule has 0 radical (unpaired) electrons. The fourth-order valence-electron chi connectivity index (χ4n) is 3.87. The number of anilines is 2. The first-order valence-electron chi connectivity index (χ1n) is 10.2. The van der Waals surface area contributed by atoms with E-state index >= 15 is 0 Å². The predicted molar refractivity (Wildman–Crippen MR) is 119 cm³/mol. The first-order chi connectivity index (χ1) is 14.7. The van der Waals surface area contributed by atoms with E-state index in [0.29, 0.717) is 22.3 Å². The minimum absolute atomic E-state index is 0.167. The molecule has 1 aliphatic rings. The minimum Gasteiger partial charge on any atom is -0.469 e. The number of furan rings is 1. The van der Waals surface area contributed by atoms with E-state index in [-0.39, 0.29) is 11.9 Å². The highest BCUT2D eigenvalue weighted by molar-refractivity contribution is 6.30. The molecule has 4 rings (SSSR count). The van der Waals surface area contributed by atoms with Gasteiger partial charge >= 0.3 is 0 Å². The highest BCUT2D eigenvalue weighted by atomic mass is 35.5. The lowest BCUT2D eigenvalue weighted by Gasteiger charge is -2.32. The maximum Gasteiger partial charge on any atom is 0.258 e. The van der Waals surface area contributed by atoms with Crippen LogP contribution in [0.3, 0.4) is 0 Å². The normalized spacial score (nSPS) is 15.5. The van der Waals surface area contributed by atoms with E-state index in [1.54, 1.807) is 18.4 Å². The molecular weight excluding hydrogens is 400 g/mol. The lowest BCUT2D eigenvalue weighted by Crippen LogP contribution is -2.39. The van der Waals surface area contributed by atoms with Crippen molar-refractivity contribution in [2.75, 3.05) is 23.7 Å². The van der Waals surface area contributed by atoms with Gasteiger partial charge in [-0.1, -0.05) is 23.7 Å². The molecule has 6 nitrogen and oxygen atoms in total. The quantitative estimate of drug-likeness (QED) is 0.516. The van der Waals surface area contributed by atoms with Gasteiger partial charge in [-0.05, 0) is 68.2 Å². The summed E-state index contributed by atoms with van der Waals surface area (Å²) in [6.07, 6.45) is 6.16. The van der Waals surface area contributed by atoms with Crippen LogP contribution in [-0.4, -0.2) is 30.0 Å². The van der Waals surface area contributed by atoms with Gasteiger partial charge in [0.15, 0.2) is 0 Å². The molecule has 1 atom stereocenters. The Labute approximate surface area is 181 Å². The third-order valence-electron chi connectivity index (χ3n) is 5.44.